The van der Waals surface area contributed by atoms with Gasteiger partial charge in [0.2, 0.25) is 5.91 Å². The summed E-state index contributed by atoms with van der Waals surface area (Å²) >= 11 is 0. The molecule has 138 valence electrons. The fourth-order valence-electron chi connectivity index (χ4n) is 2.43. The van der Waals surface area contributed by atoms with Crippen LogP contribution in [-0.4, -0.2) is 31.6 Å². The number of hydrazine groups is 1. The van der Waals surface area contributed by atoms with E-state index in [1.165, 1.54) is 0 Å². The zero-order valence-electron chi connectivity index (χ0n) is 14.4. The van der Waals surface area contributed by atoms with Crippen LogP contribution in [0.5, 0.6) is 17.2 Å². The lowest BCUT2D eigenvalue weighted by Gasteiger charge is -2.18. The lowest BCUT2D eigenvalue weighted by molar-refractivity contribution is -0.129. The zero-order chi connectivity index (χ0) is 19.1. The summed E-state index contributed by atoms with van der Waals surface area (Å²) in [5.74, 6) is 0.613. The predicted molar refractivity (Wildman–Crippen MR) is 94.1 cm³/mol. The molecule has 0 unspecified atom stereocenters. The van der Waals surface area contributed by atoms with Gasteiger partial charge in [0.25, 0.3) is 5.91 Å². The minimum atomic E-state index is -0.543. The molecule has 1 aliphatic rings. The van der Waals surface area contributed by atoms with Gasteiger partial charge in [0.1, 0.15) is 25.0 Å². The number of carbonyl (C=O) groups is 2. The Morgan fingerprint density at radius 1 is 1.04 bits per heavy atom. The SMILES string of the molecule is N#Cc1ccccc1OCC(=O)NNC(=O)Cc1ccc2c(c1)OCCO2. The molecule has 3 rings (SSSR count). The Balaban J connectivity index is 1.45. The van der Waals surface area contributed by atoms with Crippen LogP contribution in [-0.2, 0) is 16.0 Å². The van der Waals surface area contributed by atoms with E-state index in [0.717, 1.165) is 5.56 Å². The molecule has 27 heavy (non-hydrogen) atoms. The average molecular weight is 367 g/mol. The van der Waals surface area contributed by atoms with Crippen molar-refractivity contribution in [2.75, 3.05) is 19.8 Å². The van der Waals surface area contributed by atoms with Crippen LogP contribution in [0.1, 0.15) is 11.1 Å². The van der Waals surface area contributed by atoms with Crippen molar-refractivity contribution in [3.63, 3.8) is 0 Å². The minimum Gasteiger partial charge on any atom is -0.486 e. The Morgan fingerprint density at radius 2 is 1.78 bits per heavy atom. The highest BCUT2D eigenvalue weighted by Gasteiger charge is 2.13. The van der Waals surface area contributed by atoms with Crippen LogP contribution in [0.3, 0.4) is 0 Å². The molecular weight excluding hydrogens is 350 g/mol. The molecule has 8 heteroatoms. The Hall–Kier alpha value is -3.73. The number of carbonyl (C=O) groups excluding carboxylic acids is 2. The second-order valence-corrected chi connectivity index (χ2v) is 5.65. The maximum Gasteiger partial charge on any atom is 0.276 e. The maximum atomic E-state index is 12.0. The lowest BCUT2D eigenvalue weighted by atomic mass is 10.1. The number of nitrogens with one attached hydrogen (secondary N) is 2. The van der Waals surface area contributed by atoms with Crippen molar-refractivity contribution in [3.05, 3.63) is 53.6 Å². The molecule has 2 amide bonds. The van der Waals surface area contributed by atoms with Crippen LogP contribution in [0.25, 0.3) is 0 Å². The van der Waals surface area contributed by atoms with E-state index < -0.39 is 11.8 Å². The molecule has 0 spiro atoms. The number of fused-ring (bicyclic) bond motifs is 1. The van der Waals surface area contributed by atoms with Gasteiger partial charge in [0.05, 0.1) is 12.0 Å². The molecule has 2 aromatic rings. The standard InChI is InChI=1S/C19H17N3O5/c20-11-14-3-1-2-4-15(14)27-12-19(24)22-21-18(23)10-13-5-6-16-17(9-13)26-8-7-25-16/h1-6,9H,7-8,10,12H2,(H,21,23)(H,22,24). The monoisotopic (exact) mass is 367 g/mol. The van der Waals surface area contributed by atoms with E-state index in [1.807, 2.05) is 6.07 Å². The minimum absolute atomic E-state index is 0.0645. The molecule has 0 saturated carbocycles. The molecule has 0 saturated heterocycles. The van der Waals surface area contributed by atoms with Crippen LogP contribution in [0, 0.1) is 11.3 Å². The number of hydrogen-bond acceptors (Lipinski definition) is 6. The van der Waals surface area contributed by atoms with E-state index in [0.29, 0.717) is 36.0 Å². The fraction of sp³-hybridized carbons (Fsp3) is 0.211. The van der Waals surface area contributed by atoms with Gasteiger partial charge in [-0.3, -0.25) is 20.4 Å². The van der Waals surface area contributed by atoms with Gasteiger partial charge in [-0.2, -0.15) is 5.26 Å². The highest BCUT2D eigenvalue weighted by atomic mass is 16.6. The van der Waals surface area contributed by atoms with Gasteiger partial charge in [0.15, 0.2) is 18.1 Å². The summed E-state index contributed by atoms with van der Waals surface area (Å²) in [7, 11) is 0. The average Bonchev–Trinajstić information content (AvgIpc) is 2.70. The van der Waals surface area contributed by atoms with Crippen molar-refractivity contribution in [3.8, 4) is 23.3 Å². The van der Waals surface area contributed by atoms with E-state index in [-0.39, 0.29) is 13.0 Å². The van der Waals surface area contributed by atoms with Gasteiger partial charge in [-0.1, -0.05) is 18.2 Å². The van der Waals surface area contributed by atoms with Crippen molar-refractivity contribution in [1.29, 1.82) is 5.26 Å². The third-order valence-corrected chi connectivity index (χ3v) is 3.68. The van der Waals surface area contributed by atoms with Gasteiger partial charge >= 0.3 is 0 Å². The van der Waals surface area contributed by atoms with Crippen molar-refractivity contribution in [1.82, 2.24) is 10.9 Å². The van der Waals surface area contributed by atoms with E-state index in [9.17, 15) is 9.59 Å². The number of nitrogens with zero attached hydrogens (tertiary/aromatic N) is 1. The number of rotatable bonds is 5. The Morgan fingerprint density at radius 3 is 2.59 bits per heavy atom. The number of para-hydroxylation sites is 1. The molecule has 0 fully saturated rings. The zero-order valence-corrected chi connectivity index (χ0v) is 14.4. The van der Waals surface area contributed by atoms with Gasteiger partial charge in [-0.05, 0) is 29.8 Å². The molecule has 0 atom stereocenters. The third-order valence-electron chi connectivity index (χ3n) is 3.68. The number of amides is 2. The van der Waals surface area contributed by atoms with Crippen LogP contribution < -0.4 is 25.1 Å². The first-order valence-electron chi connectivity index (χ1n) is 8.24. The van der Waals surface area contributed by atoms with E-state index >= 15 is 0 Å². The first kappa shape index (κ1) is 18.1. The second kappa shape index (κ2) is 8.58. The Kier molecular flexibility index (Phi) is 5.74. The molecule has 1 aliphatic heterocycles. The number of hydrogen-bond donors (Lipinski definition) is 2. The van der Waals surface area contributed by atoms with E-state index in [4.69, 9.17) is 19.5 Å². The van der Waals surface area contributed by atoms with E-state index in [2.05, 4.69) is 10.9 Å². The highest BCUT2D eigenvalue weighted by molar-refractivity contribution is 5.84. The summed E-state index contributed by atoms with van der Waals surface area (Å²) in [6.07, 6.45) is 0.0645. The van der Waals surface area contributed by atoms with Crippen molar-refractivity contribution in [2.24, 2.45) is 0 Å². The fourth-order valence-corrected chi connectivity index (χ4v) is 2.43. The number of ether oxygens (including phenoxy) is 3. The summed E-state index contributed by atoms with van der Waals surface area (Å²) < 4.78 is 16.2. The maximum absolute atomic E-state index is 12.0. The quantitative estimate of drug-likeness (QED) is 0.766. The predicted octanol–water partition coefficient (Wildman–Crippen LogP) is 1.10. The normalized spacial score (nSPS) is 11.8. The molecule has 2 N–H and O–H groups in total. The van der Waals surface area contributed by atoms with Crippen molar-refractivity contribution >= 4 is 11.8 Å². The summed E-state index contributed by atoms with van der Waals surface area (Å²) in [5.41, 5.74) is 5.64. The van der Waals surface area contributed by atoms with Crippen molar-refractivity contribution in [2.45, 2.75) is 6.42 Å². The first-order chi connectivity index (χ1) is 13.2. The molecular formula is C19H17N3O5. The smallest absolute Gasteiger partial charge is 0.276 e. The topological polar surface area (TPSA) is 110 Å². The summed E-state index contributed by atoms with van der Waals surface area (Å²) in [5, 5.41) is 8.97. The molecule has 0 aliphatic carbocycles. The van der Waals surface area contributed by atoms with E-state index in [1.54, 1.807) is 42.5 Å². The Labute approximate surface area is 155 Å². The van der Waals surface area contributed by atoms with Gasteiger partial charge in [0, 0.05) is 0 Å². The highest BCUT2D eigenvalue weighted by Crippen LogP contribution is 2.30. The summed E-state index contributed by atoms with van der Waals surface area (Å²) in [6, 6.07) is 13.8. The molecule has 0 bridgehead atoms. The molecule has 1 heterocycles. The van der Waals surface area contributed by atoms with Crippen LogP contribution in [0.4, 0.5) is 0 Å². The van der Waals surface area contributed by atoms with Gasteiger partial charge < -0.3 is 14.2 Å². The number of benzene rings is 2. The molecule has 2 aromatic carbocycles. The van der Waals surface area contributed by atoms with Crippen LogP contribution in [0.15, 0.2) is 42.5 Å². The van der Waals surface area contributed by atoms with Crippen molar-refractivity contribution < 1.29 is 23.8 Å². The third kappa shape index (κ3) is 4.89. The summed E-state index contributed by atoms with van der Waals surface area (Å²) in [6.45, 7) is 0.635. The number of nitriles is 1. The van der Waals surface area contributed by atoms with Crippen LogP contribution >= 0.6 is 0 Å². The summed E-state index contributed by atoms with van der Waals surface area (Å²) in [4.78, 5) is 23.8. The first-order valence-corrected chi connectivity index (χ1v) is 8.24. The van der Waals surface area contributed by atoms with Crippen LogP contribution in [0.2, 0.25) is 0 Å². The molecule has 8 nitrogen and oxygen atoms in total. The largest absolute Gasteiger partial charge is 0.486 e. The van der Waals surface area contributed by atoms with Gasteiger partial charge in [-0.15, -0.1) is 0 Å². The Bertz CT molecular complexity index is 891. The molecule has 0 radical (unpaired) electrons. The second-order valence-electron chi connectivity index (χ2n) is 5.65. The van der Waals surface area contributed by atoms with Gasteiger partial charge in [-0.25, -0.2) is 0 Å². The molecule has 0 aromatic heterocycles. The lowest BCUT2D eigenvalue weighted by Crippen LogP contribution is -2.44.